The number of hydrogen-bond donors (Lipinski definition) is 2. The van der Waals surface area contributed by atoms with E-state index in [1.165, 1.54) is 4.90 Å². The zero-order valence-corrected chi connectivity index (χ0v) is 16.9. The number of anilines is 2. The summed E-state index contributed by atoms with van der Waals surface area (Å²) in [5.74, 6) is 2.31. The molecule has 0 spiro atoms. The minimum atomic E-state index is -0.136. The Morgan fingerprint density at radius 1 is 1.10 bits per heavy atom. The maximum absolute atomic E-state index is 12.8. The second-order valence-electron chi connectivity index (χ2n) is 7.39. The van der Waals surface area contributed by atoms with Crippen molar-refractivity contribution in [3.63, 3.8) is 0 Å². The Morgan fingerprint density at radius 3 is 2.59 bits per heavy atom. The molecule has 0 bridgehead atoms. The Hall–Kier alpha value is -2.93. The molecule has 2 aliphatic heterocycles. The summed E-state index contributed by atoms with van der Waals surface area (Å²) in [7, 11) is 1.70. The number of quaternary nitrogens is 1. The van der Waals surface area contributed by atoms with Gasteiger partial charge in [-0.3, -0.25) is 4.79 Å². The Labute approximate surface area is 171 Å². The van der Waals surface area contributed by atoms with E-state index in [4.69, 9.17) is 14.2 Å². The number of nitrogens with zero attached hydrogens (tertiary/aromatic N) is 1. The summed E-state index contributed by atoms with van der Waals surface area (Å²) < 4.78 is 16.6. The van der Waals surface area contributed by atoms with Gasteiger partial charge in [0.1, 0.15) is 19.0 Å². The highest BCUT2D eigenvalue weighted by Gasteiger charge is 2.30. The van der Waals surface area contributed by atoms with Gasteiger partial charge in [-0.2, -0.15) is 0 Å². The fraction of sp³-hybridized carbons (Fsp3) is 0.409. The Balaban J connectivity index is 1.34. The van der Waals surface area contributed by atoms with Crippen molar-refractivity contribution in [2.45, 2.75) is 13.0 Å². The van der Waals surface area contributed by atoms with Gasteiger partial charge in [0.15, 0.2) is 17.5 Å². The van der Waals surface area contributed by atoms with Gasteiger partial charge in [0.25, 0.3) is 5.91 Å². The number of methoxy groups -OCH3 is 1. The third-order valence-corrected chi connectivity index (χ3v) is 5.65. The van der Waals surface area contributed by atoms with Crippen LogP contribution in [0, 0.1) is 0 Å². The van der Waals surface area contributed by atoms with Crippen LogP contribution in [0.15, 0.2) is 42.5 Å². The van der Waals surface area contributed by atoms with Gasteiger partial charge < -0.3 is 29.3 Å². The summed E-state index contributed by atoms with van der Waals surface area (Å²) >= 11 is 0. The molecule has 0 aromatic heterocycles. The number of fused-ring (bicyclic) bond motifs is 1. The predicted molar refractivity (Wildman–Crippen MR) is 111 cm³/mol. The summed E-state index contributed by atoms with van der Waals surface area (Å²) in [6, 6.07) is 13.5. The van der Waals surface area contributed by atoms with E-state index in [9.17, 15) is 4.79 Å². The lowest BCUT2D eigenvalue weighted by molar-refractivity contribution is -0.914. The first kappa shape index (κ1) is 19.4. The first-order valence-corrected chi connectivity index (χ1v) is 10.1. The van der Waals surface area contributed by atoms with E-state index in [0.717, 1.165) is 49.1 Å². The minimum absolute atomic E-state index is 0.0161. The van der Waals surface area contributed by atoms with E-state index >= 15 is 0 Å². The fourth-order valence-corrected chi connectivity index (χ4v) is 3.92. The van der Waals surface area contributed by atoms with Crippen LogP contribution in [0.4, 0.5) is 11.4 Å². The van der Waals surface area contributed by atoms with Crippen molar-refractivity contribution in [1.29, 1.82) is 0 Å². The van der Waals surface area contributed by atoms with Gasteiger partial charge >= 0.3 is 0 Å². The van der Waals surface area contributed by atoms with Crippen molar-refractivity contribution in [3.8, 4) is 17.2 Å². The molecule has 1 amide bonds. The highest BCUT2D eigenvalue weighted by molar-refractivity contribution is 5.94. The lowest BCUT2D eigenvalue weighted by Crippen LogP contribution is -3.19. The van der Waals surface area contributed by atoms with Crippen molar-refractivity contribution < 1.29 is 23.9 Å². The Morgan fingerprint density at radius 2 is 1.83 bits per heavy atom. The summed E-state index contributed by atoms with van der Waals surface area (Å²) in [4.78, 5) is 16.4. The summed E-state index contributed by atoms with van der Waals surface area (Å²) in [5, 5.41) is 3.02. The second kappa shape index (κ2) is 8.61. The highest BCUT2D eigenvalue weighted by atomic mass is 16.6. The smallest absolute Gasteiger partial charge is 0.282 e. The van der Waals surface area contributed by atoms with Crippen LogP contribution < -0.4 is 29.3 Å². The molecular weight excluding hydrogens is 370 g/mol. The van der Waals surface area contributed by atoms with Crippen LogP contribution in [0.2, 0.25) is 0 Å². The zero-order chi connectivity index (χ0) is 20.2. The average molecular weight is 398 g/mol. The number of carbonyl (C=O) groups excluding carboxylic acids is 1. The standard InChI is InChI=1S/C22H27N3O4/c1-16(22(26)23-17-7-8-20-21(15-17)29-14-13-28-20)24-9-11-25(12-10-24)18-5-3-4-6-19(18)27-2/h3-8,15-16H,9-14H2,1-2H3,(H,23,26)/p+1/t16-/m0/s1. The van der Waals surface area contributed by atoms with Gasteiger partial charge in [0.05, 0.1) is 39.0 Å². The quantitative estimate of drug-likeness (QED) is 0.793. The van der Waals surface area contributed by atoms with E-state index in [1.807, 2.05) is 43.3 Å². The van der Waals surface area contributed by atoms with E-state index in [0.29, 0.717) is 19.0 Å². The molecule has 0 aliphatic carbocycles. The molecule has 7 heteroatoms. The molecule has 2 aromatic carbocycles. The third-order valence-electron chi connectivity index (χ3n) is 5.65. The van der Waals surface area contributed by atoms with E-state index in [-0.39, 0.29) is 11.9 Å². The number of nitrogens with one attached hydrogen (secondary N) is 2. The van der Waals surface area contributed by atoms with Crippen LogP contribution in [0.5, 0.6) is 17.2 Å². The molecule has 2 aromatic rings. The number of para-hydroxylation sites is 2. The van der Waals surface area contributed by atoms with Gasteiger partial charge in [-0.05, 0) is 31.2 Å². The number of carbonyl (C=O) groups is 1. The lowest BCUT2D eigenvalue weighted by Gasteiger charge is -2.36. The molecule has 4 rings (SSSR count). The molecule has 154 valence electrons. The fourth-order valence-electron chi connectivity index (χ4n) is 3.92. The van der Waals surface area contributed by atoms with Crippen molar-refractivity contribution >= 4 is 17.3 Å². The van der Waals surface area contributed by atoms with Crippen LogP contribution in [0.3, 0.4) is 0 Å². The van der Waals surface area contributed by atoms with Crippen molar-refractivity contribution in [1.82, 2.24) is 0 Å². The second-order valence-corrected chi connectivity index (χ2v) is 7.39. The maximum atomic E-state index is 12.8. The molecule has 29 heavy (non-hydrogen) atoms. The molecule has 2 heterocycles. The molecule has 1 atom stereocenters. The van der Waals surface area contributed by atoms with Crippen LogP contribution in [0.25, 0.3) is 0 Å². The number of hydrogen-bond acceptors (Lipinski definition) is 5. The lowest BCUT2D eigenvalue weighted by atomic mass is 10.1. The summed E-state index contributed by atoms with van der Waals surface area (Å²) in [5.41, 5.74) is 1.85. The molecule has 7 nitrogen and oxygen atoms in total. The van der Waals surface area contributed by atoms with Crippen LogP contribution in [-0.2, 0) is 4.79 Å². The minimum Gasteiger partial charge on any atom is -0.495 e. The molecular formula is C22H28N3O4+. The largest absolute Gasteiger partial charge is 0.495 e. The van der Waals surface area contributed by atoms with Gasteiger partial charge in [0, 0.05) is 11.8 Å². The SMILES string of the molecule is COc1ccccc1N1CC[NH+]([C@@H](C)C(=O)Nc2ccc3c(c2)OCCO3)CC1. The van der Waals surface area contributed by atoms with E-state index < -0.39 is 0 Å². The molecule has 1 saturated heterocycles. The third kappa shape index (κ3) is 4.24. The first-order chi connectivity index (χ1) is 14.2. The van der Waals surface area contributed by atoms with Gasteiger partial charge in [0.2, 0.25) is 0 Å². The summed E-state index contributed by atoms with van der Waals surface area (Å²) in [6.45, 7) is 6.64. The number of amides is 1. The maximum Gasteiger partial charge on any atom is 0.282 e. The van der Waals surface area contributed by atoms with Crippen molar-refractivity contribution in [3.05, 3.63) is 42.5 Å². The topological polar surface area (TPSA) is 64.5 Å². The van der Waals surface area contributed by atoms with Crippen molar-refractivity contribution in [2.24, 2.45) is 0 Å². The van der Waals surface area contributed by atoms with Crippen LogP contribution >= 0.6 is 0 Å². The number of rotatable bonds is 5. The molecule has 0 unspecified atom stereocenters. The molecule has 1 fully saturated rings. The van der Waals surface area contributed by atoms with Crippen LogP contribution in [-0.4, -0.2) is 58.5 Å². The number of ether oxygens (including phenoxy) is 3. The number of piperazine rings is 1. The van der Waals surface area contributed by atoms with E-state index in [2.05, 4.69) is 16.3 Å². The monoisotopic (exact) mass is 398 g/mol. The van der Waals surface area contributed by atoms with Crippen molar-refractivity contribution in [2.75, 3.05) is 56.7 Å². The molecule has 2 aliphatic rings. The van der Waals surface area contributed by atoms with Gasteiger partial charge in [-0.1, -0.05) is 12.1 Å². The highest BCUT2D eigenvalue weighted by Crippen LogP contribution is 2.32. The normalized spacial score (nSPS) is 17.5. The Bertz CT molecular complexity index is 865. The average Bonchev–Trinajstić information content (AvgIpc) is 2.78. The molecule has 0 radical (unpaired) electrons. The zero-order valence-electron chi connectivity index (χ0n) is 16.9. The predicted octanol–water partition coefficient (Wildman–Crippen LogP) is 1.20. The van der Waals surface area contributed by atoms with Gasteiger partial charge in [-0.15, -0.1) is 0 Å². The number of benzene rings is 2. The van der Waals surface area contributed by atoms with E-state index in [1.54, 1.807) is 7.11 Å². The first-order valence-electron chi connectivity index (χ1n) is 10.1. The molecule has 0 saturated carbocycles. The van der Waals surface area contributed by atoms with Gasteiger partial charge in [-0.25, -0.2) is 0 Å². The Kier molecular flexibility index (Phi) is 5.76. The summed E-state index contributed by atoms with van der Waals surface area (Å²) in [6.07, 6.45) is 0. The molecule has 2 N–H and O–H groups in total. The van der Waals surface area contributed by atoms with Crippen LogP contribution in [0.1, 0.15) is 6.92 Å².